The molecule has 1 aromatic carbocycles. The first-order valence-corrected chi connectivity index (χ1v) is 7.33. The van der Waals surface area contributed by atoms with Crippen LogP contribution in [-0.4, -0.2) is 27.1 Å². The molecule has 0 aliphatic heterocycles. The highest BCUT2D eigenvalue weighted by atomic mass is 16.4. The molecule has 1 amide bonds. The SMILES string of the molecule is CC(C)C(C)(CC(=O)O)NC(=O)c1cn(C)c2ccccc12. The first-order valence-electron chi connectivity index (χ1n) is 7.33. The zero-order chi connectivity index (χ0) is 16.5. The predicted molar refractivity (Wildman–Crippen MR) is 85.9 cm³/mol. The fourth-order valence-electron chi connectivity index (χ4n) is 2.56. The molecule has 1 aromatic heterocycles. The predicted octanol–water partition coefficient (Wildman–Crippen LogP) is 2.80. The third kappa shape index (κ3) is 2.98. The monoisotopic (exact) mass is 302 g/mol. The number of hydrogen-bond acceptors (Lipinski definition) is 2. The zero-order valence-electron chi connectivity index (χ0n) is 13.4. The van der Waals surface area contributed by atoms with Crippen LogP contribution in [0.25, 0.3) is 10.9 Å². The lowest BCUT2D eigenvalue weighted by Gasteiger charge is -2.33. The molecule has 0 bridgehead atoms. The number of fused-ring (bicyclic) bond motifs is 1. The van der Waals surface area contributed by atoms with Crippen LogP contribution in [0.2, 0.25) is 0 Å². The average Bonchev–Trinajstić information content (AvgIpc) is 2.76. The Kier molecular flexibility index (Phi) is 4.26. The van der Waals surface area contributed by atoms with Crippen LogP contribution in [0.1, 0.15) is 37.6 Å². The third-order valence-corrected chi connectivity index (χ3v) is 4.33. The van der Waals surface area contributed by atoms with E-state index in [9.17, 15) is 9.59 Å². The number of carbonyl (C=O) groups excluding carboxylic acids is 1. The number of para-hydroxylation sites is 1. The van der Waals surface area contributed by atoms with Crippen molar-refractivity contribution in [3.05, 3.63) is 36.0 Å². The molecule has 0 aliphatic carbocycles. The van der Waals surface area contributed by atoms with Crippen LogP contribution in [0.15, 0.2) is 30.5 Å². The van der Waals surface area contributed by atoms with Crippen LogP contribution in [0.5, 0.6) is 0 Å². The summed E-state index contributed by atoms with van der Waals surface area (Å²) in [6, 6.07) is 7.66. The van der Waals surface area contributed by atoms with Crippen LogP contribution in [0.4, 0.5) is 0 Å². The largest absolute Gasteiger partial charge is 0.481 e. The number of hydrogen-bond donors (Lipinski definition) is 2. The van der Waals surface area contributed by atoms with Crippen molar-refractivity contribution in [2.24, 2.45) is 13.0 Å². The van der Waals surface area contributed by atoms with E-state index in [1.165, 1.54) is 0 Å². The van der Waals surface area contributed by atoms with E-state index in [0.717, 1.165) is 10.9 Å². The number of carboxylic acids is 1. The highest BCUT2D eigenvalue weighted by Crippen LogP contribution is 2.24. The number of carbonyl (C=O) groups is 2. The van der Waals surface area contributed by atoms with Crippen molar-refractivity contribution in [3.63, 3.8) is 0 Å². The summed E-state index contributed by atoms with van der Waals surface area (Å²) >= 11 is 0. The van der Waals surface area contributed by atoms with Crippen molar-refractivity contribution in [2.75, 3.05) is 0 Å². The minimum absolute atomic E-state index is 0.00234. The molecule has 1 heterocycles. The van der Waals surface area contributed by atoms with E-state index < -0.39 is 11.5 Å². The van der Waals surface area contributed by atoms with Crippen molar-refractivity contribution >= 4 is 22.8 Å². The summed E-state index contributed by atoms with van der Waals surface area (Å²) in [5, 5.41) is 12.9. The summed E-state index contributed by atoms with van der Waals surface area (Å²) in [6.45, 7) is 5.59. The number of carboxylic acid groups (broad SMARTS) is 1. The van der Waals surface area contributed by atoms with E-state index in [1.54, 1.807) is 13.1 Å². The van der Waals surface area contributed by atoms with Gasteiger partial charge in [0.1, 0.15) is 0 Å². The molecule has 0 saturated heterocycles. The number of rotatable bonds is 5. The minimum Gasteiger partial charge on any atom is -0.481 e. The van der Waals surface area contributed by atoms with Crippen LogP contribution >= 0.6 is 0 Å². The Morgan fingerprint density at radius 3 is 2.55 bits per heavy atom. The Bertz CT molecular complexity index is 718. The summed E-state index contributed by atoms with van der Waals surface area (Å²) in [6.07, 6.45) is 1.67. The minimum atomic E-state index is -0.922. The van der Waals surface area contributed by atoms with E-state index in [0.29, 0.717) is 5.56 Å². The van der Waals surface area contributed by atoms with Gasteiger partial charge < -0.3 is 15.0 Å². The number of nitrogens with one attached hydrogen (secondary N) is 1. The molecule has 5 nitrogen and oxygen atoms in total. The molecule has 0 saturated carbocycles. The lowest BCUT2D eigenvalue weighted by molar-refractivity contribution is -0.138. The summed E-state index contributed by atoms with van der Waals surface area (Å²) in [5.41, 5.74) is 0.743. The standard InChI is InChI=1S/C17H22N2O3/c1-11(2)17(3,9-15(20)21)18-16(22)13-10-19(4)14-8-6-5-7-12(13)14/h5-8,10-11H,9H2,1-4H3,(H,18,22)(H,20,21). The van der Waals surface area contributed by atoms with Crippen LogP contribution < -0.4 is 5.32 Å². The average molecular weight is 302 g/mol. The molecule has 0 radical (unpaired) electrons. The van der Waals surface area contributed by atoms with Gasteiger partial charge in [-0.05, 0) is 18.9 Å². The van der Waals surface area contributed by atoms with Crippen molar-refractivity contribution < 1.29 is 14.7 Å². The quantitative estimate of drug-likeness (QED) is 0.892. The molecule has 2 aromatic rings. The molecule has 1 unspecified atom stereocenters. The molecular formula is C17H22N2O3. The van der Waals surface area contributed by atoms with Crippen molar-refractivity contribution in [1.82, 2.24) is 9.88 Å². The topological polar surface area (TPSA) is 71.3 Å². The highest BCUT2D eigenvalue weighted by Gasteiger charge is 2.33. The smallest absolute Gasteiger partial charge is 0.305 e. The molecule has 0 fully saturated rings. The Morgan fingerprint density at radius 1 is 1.32 bits per heavy atom. The summed E-state index contributed by atoms with van der Waals surface area (Å²) in [5.74, 6) is -1.16. The van der Waals surface area contributed by atoms with Crippen LogP contribution in [0.3, 0.4) is 0 Å². The zero-order valence-corrected chi connectivity index (χ0v) is 13.4. The van der Waals surface area contributed by atoms with Crippen molar-refractivity contribution in [2.45, 2.75) is 32.7 Å². The molecule has 22 heavy (non-hydrogen) atoms. The Balaban J connectivity index is 2.36. The van der Waals surface area contributed by atoms with Gasteiger partial charge in [-0.2, -0.15) is 0 Å². The van der Waals surface area contributed by atoms with Gasteiger partial charge >= 0.3 is 5.97 Å². The number of amides is 1. The normalized spacial score (nSPS) is 14.0. The lowest BCUT2D eigenvalue weighted by atomic mass is 9.85. The molecule has 0 spiro atoms. The molecule has 0 aliphatic rings. The van der Waals surface area contributed by atoms with Gasteiger partial charge in [-0.15, -0.1) is 0 Å². The van der Waals surface area contributed by atoms with Crippen molar-refractivity contribution in [3.8, 4) is 0 Å². The number of nitrogens with zero attached hydrogens (tertiary/aromatic N) is 1. The van der Waals surface area contributed by atoms with Crippen molar-refractivity contribution in [1.29, 1.82) is 0 Å². The molecule has 118 valence electrons. The molecule has 2 rings (SSSR count). The summed E-state index contributed by atoms with van der Waals surface area (Å²) in [4.78, 5) is 23.8. The van der Waals surface area contributed by atoms with Crippen LogP contribution in [0, 0.1) is 5.92 Å². The number of aromatic nitrogens is 1. The number of aryl methyl sites for hydroxylation is 1. The highest BCUT2D eigenvalue weighted by molar-refractivity contribution is 6.07. The van der Waals surface area contributed by atoms with Gasteiger partial charge in [0, 0.05) is 24.1 Å². The number of benzene rings is 1. The van der Waals surface area contributed by atoms with Gasteiger partial charge in [0.2, 0.25) is 0 Å². The maximum absolute atomic E-state index is 12.7. The van der Waals surface area contributed by atoms with Gasteiger partial charge in [0.15, 0.2) is 0 Å². The first kappa shape index (κ1) is 16.1. The molecule has 2 N–H and O–H groups in total. The van der Waals surface area contributed by atoms with Gasteiger partial charge in [-0.1, -0.05) is 32.0 Å². The van der Waals surface area contributed by atoms with Crippen LogP contribution in [-0.2, 0) is 11.8 Å². The van der Waals surface area contributed by atoms with E-state index in [4.69, 9.17) is 5.11 Å². The van der Waals surface area contributed by atoms with Gasteiger partial charge in [-0.25, -0.2) is 0 Å². The Morgan fingerprint density at radius 2 is 1.95 bits per heavy atom. The van der Waals surface area contributed by atoms with Gasteiger partial charge in [-0.3, -0.25) is 9.59 Å². The van der Waals surface area contributed by atoms with E-state index >= 15 is 0 Å². The lowest BCUT2D eigenvalue weighted by Crippen LogP contribution is -2.51. The molecule has 1 atom stereocenters. The second kappa shape index (κ2) is 5.83. The van der Waals surface area contributed by atoms with E-state index in [-0.39, 0.29) is 18.2 Å². The Labute approximate surface area is 129 Å². The molecule has 5 heteroatoms. The van der Waals surface area contributed by atoms with E-state index in [1.807, 2.05) is 49.7 Å². The second-order valence-electron chi connectivity index (χ2n) is 6.27. The maximum Gasteiger partial charge on any atom is 0.305 e. The van der Waals surface area contributed by atoms with Gasteiger partial charge in [0.25, 0.3) is 5.91 Å². The Hall–Kier alpha value is -2.30. The number of aliphatic carboxylic acids is 1. The van der Waals surface area contributed by atoms with Gasteiger partial charge in [0.05, 0.1) is 17.5 Å². The third-order valence-electron chi connectivity index (χ3n) is 4.33. The summed E-state index contributed by atoms with van der Waals surface area (Å²) in [7, 11) is 1.89. The maximum atomic E-state index is 12.7. The first-order chi connectivity index (χ1) is 10.2. The fourth-order valence-corrected chi connectivity index (χ4v) is 2.56. The fraction of sp³-hybridized carbons (Fsp3) is 0.412. The second-order valence-corrected chi connectivity index (χ2v) is 6.27. The summed E-state index contributed by atoms with van der Waals surface area (Å²) < 4.78 is 1.90. The van der Waals surface area contributed by atoms with E-state index in [2.05, 4.69) is 5.32 Å². The molecular weight excluding hydrogens is 280 g/mol.